The van der Waals surface area contributed by atoms with Gasteiger partial charge in [-0.25, -0.2) is 0 Å². The van der Waals surface area contributed by atoms with Crippen LogP contribution in [0.2, 0.25) is 0 Å². The maximum absolute atomic E-state index is 8.57. The fraction of sp³-hybridized carbons (Fsp3) is 0.500. The molecule has 0 bridgehead atoms. The molecule has 0 spiro atoms. The highest BCUT2D eigenvalue weighted by Crippen LogP contribution is 2.08. The van der Waals surface area contributed by atoms with Gasteiger partial charge in [0, 0.05) is 13.1 Å². The third kappa shape index (κ3) is 2.98. The van der Waals surface area contributed by atoms with Crippen LogP contribution in [0.1, 0.15) is 19.8 Å². The van der Waals surface area contributed by atoms with Crippen molar-refractivity contribution in [1.82, 2.24) is 9.89 Å². The van der Waals surface area contributed by atoms with Gasteiger partial charge in [0.25, 0.3) is 0 Å². The van der Waals surface area contributed by atoms with Crippen LogP contribution in [0.3, 0.4) is 0 Å². The molecule has 0 atom stereocenters. The van der Waals surface area contributed by atoms with E-state index in [1.807, 2.05) is 4.90 Å². The Balaban J connectivity index is 2.88. The highest BCUT2D eigenvalue weighted by Gasteiger charge is 2.07. The maximum atomic E-state index is 8.57. The van der Waals surface area contributed by atoms with Crippen LogP contribution < -0.4 is 16.2 Å². The Morgan fingerprint density at radius 3 is 2.88 bits per heavy atom. The number of aromatic nitrogens is 2. The molecule has 0 aliphatic heterocycles. The summed E-state index contributed by atoms with van der Waals surface area (Å²) in [4.78, 5) is 3.02. The van der Waals surface area contributed by atoms with Gasteiger partial charge in [-0.1, -0.05) is 6.92 Å². The van der Waals surface area contributed by atoms with Crippen LogP contribution in [0.4, 0.5) is 5.82 Å². The van der Waals surface area contributed by atoms with Gasteiger partial charge in [-0.2, -0.15) is 10.1 Å². The maximum Gasteiger partial charge on any atom is 0.164 e. The van der Waals surface area contributed by atoms with Gasteiger partial charge >= 0.3 is 0 Å². The second-order valence-corrected chi connectivity index (χ2v) is 3.42. The van der Waals surface area contributed by atoms with Crippen molar-refractivity contribution in [3.63, 3.8) is 0 Å². The van der Waals surface area contributed by atoms with Gasteiger partial charge < -0.3 is 10.7 Å². The summed E-state index contributed by atoms with van der Waals surface area (Å²) in [7, 11) is 0. The Hall–Kier alpha value is -2.03. The largest absolute Gasteiger partial charge is 0.354 e. The van der Waals surface area contributed by atoms with Crippen molar-refractivity contribution in [3.05, 3.63) is 17.6 Å². The van der Waals surface area contributed by atoms with E-state index < -0.39 is 0 Å². The summed E-state index contributed by atoms with van der Waals surface area (Å²) >= 11 is 0. The van der Waals surface area contributed by atoms with Gasteiger partial charge in [0.2, 0.25) is 0 Å². The van der Waals surface area contributed by atoms with Crippen LogP contribution in [0, 0.1) is 16.7 Å². The standard InChI is InChI=1S/C10H16N6/c1-2-7-15(8-3-6-11)10-5-4-9(12)16(13)14-10/h4-5,12H,2-3,7-8,13H2,1H3. The van der Waals surface area contributed by atoms with E-state index in [1.54, 1.807) is 12.1 Å². The Bertz CT molecular complexity index is 430. The lowest BCUT2D eigenvalue weighted by Gasteiger charge is -2.21. The smallest absolute Gasteiger partial charge is 0.164 e. The summed E-state index contributed by atoms with van der Waals surface area (Å²) in [6.07, 6.45) is 1.43. The van der Waals surface area contributed by atoms with Gasteiger partial charge in [0.1, 0.15) is 0 Å². The molecule has 0 amide bonds. The number of hydrogen-bond acceptors (Lipinski definition) is 5. The molecular formula is C10H16N6. The van der Waals surface area contributed by atoms with Crippen LogP contribution >= 0.6 is 0 Å². The normalized spacial score (nSPS) is 9.75. The fourth-order valence-corrected chi connectivity index (χ4v) is 1.39. The first-order valence-corrected chi connectivity index (χ1v) is 5.21. The van der Waals surface area contributed by atoms with Gasteiger partial charge in [-0.3, -0.25) is 5.41 Å². The minimum absolute atomic E-state index is 0.153. The number of nitriles is 1. The molecular weight excluding hydrogens is 204 g/mol. The first-order chi connectivity index (χ1) is 7.69. The van der Waals surface area contributed by atoms with E-state index in [9.17, 15) is 0 Å². The zero-order chi connectivity index (χ0) is 12.0. The van der Waals surface area contributed by atoms with Crippen molar-refractivity contribution < 1.29 is 0 Å². The van der Waals surface area contributed by atoms with Gasteiger partial charge in [-0.15, -0.1) is 5.10 Å². The van der Waals surface area contributed by atoms with Crippen LogP contribution in [0.15, 0.2) is 12.1 Å². The lowest BCUT2D eigenvalue weighted by molar-refractivity contribution is 0.688. The van der Waals surface area contributed by atoms with Crippen molar-refractivity contribution in [2.75, 3.05) is 23.8 Å². The van der Waals surface area contributed by atoms with Crippen molar-refractivity contribution in [3.8, 4) is 6.07 Å². The summed E-state index contributed by atoms with van der Waals surface area (Å²) in [5.41, 5.74) is 0.153. The summed E-state index contributed by atoms with van der Waals surface area (Å²) in [5, 5.41) is 20.0. The molecule has 6 heteroatoms. The van der Waals surface area contributed by atoms with Gasteiger partial charge in [0.05, 0.1) is 12.5 Å². The zero-order valence-electron chi connectivity index (χ0n) is 9.35. The summed E-state index contributed by atoms with van der Waals surface area (Å²) < 4.78 is 0. The molecule has 1 aromatic rings. The minimum Gasteiger partial charge on any atom is -0.354 e. The van der Waals surface area contributed by atoms with E-state index in [4.69, 9.17) is 16.5 Å². The summed E-state index contributed by atoms with van der Waals surface area (Å²) in [6, 6.07) is 5.45. The van der Waals surface area contributed by atoms with E-state index in [1.165, 1.54) is 0 Å². The highest BCUT2D eigenvalue weighted by molar-refractivity contribution is 5.36. The Labute approximate surface area is 94.4 Å². The van der Waals surface area contributed by atoms with Gasteiger partial charge in [-0.05, 0) is 18.6 Å². The molecule has 0 saturated heterocycles. The second-order valence-electron chi connectivity index (χ2n) is 3.42. The topological polar surface area (TPSA) is 94.7 Å². The second kappa shape index (κ2) is 5.75. The number of nitrogen functional groups attached to an aromatic ring is 1. The molecule has 1 heterocycles. The molecule has 0 unspecified atom stereocenters. The zero-order valence-corrected chi connectivity index (χ0v) is 9.35. The number of nitrogens with zero attached hydrogens (tertiary/aromatic N) is 4. The van der Waals surface area contributed by atoms with Crippen LogP contribution in [0.25, 0.3) is 0 Å². The predicted molar refractivity (Wildman–Crippen MR) is 61.0 cm³/mol. The number of rotatable bonds is 5. The third-order valence-corrected chi connectivity index (χ3v) is 2.16. The lowest BCUT2D eigenvalue weighted by atomic mass is 10.3. The molecule has 0 radical (unpaired) electrons. The van der Waals surface area contributed by atoms with E-state index >= 15 is 0 Å². The molecule has 16 heavy (non-hydrogen) atoms. The number of nitrogens with one attached hydrogen (secondary N) is 1. The van der Waals surface area contributed by atoms with Crippen molar-refractivity contribution in [2.24, 2.45) is 0 Å². The average Bonchev–Trinajstić information content (AvgIpc) is 2.28. The average molecular weight is 220 g/mol. The first-order valence-electron chi connectivity index (χ1n) is 5.21. The number of anilines is 1. The number of nitrogens with two attached hydrogens (primary N) is 1. The lowest BCUT2D eigenvalue weighted by Crippen LogP contribution is -2.33. The SMILES string of the molecule is CCCN(CCC#N)c1ccc(=N)n(N)n1. The van der Waals surface area contributed by atoms with Crippen LogP contribution in [0.5, 0.6) is 0 Å². The van der Waals surface area contributed by atoms with E-state index in [2.05, 4.69) is 18.1 Å². The minimum atomic E-state index is 0.153. The Kier molecular flexibility index (Phi) is 4.33. The molecule has 3 N–H and O–H groups in total. The molecule has 0 aliphatic carbocycles. The molecule has 0 fully saturated rings. The van der Waals surface area contributed by atoms with Crippen molar-refractivity contribution in [1.29, 1.82) is 10.7 Å². The fourth-order valence-electron chi connectivity index (χ4n) is 1.39. The molecule has 6 nitrogen and oxygen atoms in total. The third-order valence-electron chi connectivity index (χ3n) is 2.16. The molecule has 1 aromatic heterocycles. The quantitative estimate of drug-likeness (QED) is 0.693. The molecule has 0 saturated carbocycles. The summed E-state index contributed by atoms with van der Waals surface area (Å²) in [5.74, 6) is 6.21. The van der Waals surface area contributed by atoms with Crippen molar-refractivity contribution in [2.45, 2.75) is 19.8 Å². The van der Waals surface area contributed by atoms with E-state index in [0.717, 1.165) is 17.8 Å². The molecule has 0 aliphatic rings. The predicted octanol–water partition coefficient (Wildman–Crippen LogP) is 0.206. The Morgan fingerprint density at radius 2 is 2.31 bits per heavy atom. The molecule has 1 rings (SSSR count). The Morgan fingerprint density at radius 1 is 1.56 bits per heavy atom. The first kappa shape index (κ1) is 12.0. The van der Waals surface area contributed by atoms with E-state index in [0.29, 0.717) is 18.8 Å². The van der Waals surface area contributed by atoms with Crippen molar-refractivity contribution >= 4 is 5.82 Å². The summed E-state index contributed by atoms with van der Waals surface area (Å²) in [6.45, 7) is 3.52. The number of hydrogen-bond donors (Lipinski definition) is 2. The molecule has 86 valence electrons. The molecule has 0 aromatic carbocycles. The van der Waals surface area contributed by atoms with Gasteiger partial charge in [0.15, 0.2) is 11.3 Å². The monoisotopic (exact) mass is 220 g/mol. The van der Waals surface area contributed by atoms with E-state index in [-0.39, 0.29) is 5.49 Å². The van der Waals surface area contributed by atoms with Crippen LogP contribution in [-0.4, -0.2) is 23.0 Å². The highest BCUT2D eigenvalue weighted by atomic mass is 15.5. The van der Waals surface area contributed by atoms with Crippen LogP contribution in [-0.2, 0) is 0 Å².